The number of halogens is 3. The summed E-state index contributed by atoms with van der Waals surface area (Å²) < 4.78 is 40.3. The number of alkyl halides is 3. The van der Waals surface area contributed by atoms with Crippen LogP contribution in [0.15, 0.2) is 55.0 Å². The standard InChI is InChI=1S/C16H14F3N5/c1-24-10-9-20-14(24)13(11-5-3-2-4-6-11)23-15-21-8-7-12(22-15)16(17,18)19/h2-10,13H,1H3,(H,21,22,23)/t13-/m0/s1. The number of aryl methyl sites for hydroxylation is 1. The zero-order valence-electron chi connectivity index (χ0n) is 12.7. The fourth-order valence-electron chi connectivity index (χ4n) is 2.31. The number of aromatic nitrogens is 4. The van der Waals surface area contributed by atoms with Gasteiger partial charge in [-0.3, -0.25) is 0 Å². The Balaban J connectivity index is 1.98. The number of nitrogens with zero attached hydrogens (tertiary/aromatic N) is 4. The molecule has 124 valence electrons. The molecule has 0 saturated heterocycles. The van der Waals surface area contributed by atoms with Crippen molar-refractivity contribution in [2.75, 3.05) is 5.32 Å². The van der Waals surface area contributed by atoms with E-state index in [1.807, 2.05) is 37.4 Å². The first-order valence-corrected chi connectivity index (χ1v) is 7.14. The largest absolute Gasteiger partial charge is 0.433 e. The number of benzene rings is 1. The van der Waals surface area contributed by atoms with E-state index in [0.29, 0.717) is 5.82 Å². The molecule has 1 aromatic carbocycles. The Morgan fingerprint density at radius 3 is 2.42 bits per heavy atom. The van der Waals surface area contributed by atoms with E-state index >= 15 is 0 Å². The van der Waals surface area contributed by atoms with Gasteiger partial charge in [0, 0.05) is 25.6 Å². The molecule has 0 spiro atoms. The molecule has 24 heavy (non-hydrogen) atoms. The number of hydrogen-bond acceptors (Lipinski definition) is 4. The first-order chi connectivity index (χ1) is 11.4. The lowest BCUT2D eigenvalue weighted by molar-refractivity contribution is -0.141. The van der Waals surface area contributed by atoms with Gasteiger partial charge in [-0.25, -0.2) is 15.0 Å². The molecule has 8 heteroatoms. The molecule has 3 aromatic rings. The summed E-state index contributed by atoms with van der Waals surface area (Å²) >= 11 is 0. The second kappa shape index (κ2) is 6.31. The Hall–Kier alpha value is -2.90. The third kappa shape index (κ3) is 3.37. The van der Waals surface area contributed by atoms with Gasteiger partial charge in [-0.2, -0.15) is 13.2 Å². The van der Waals surface area contributed by atoms with Crippen molar-refractivity contribution in [2.45, 2.75) is 12.2 Å². The van der Waals surface area contributed by atoms with E-state index in [2.05, 4.69) is 20.3 Å². The van der Waals surface area contributed by atoms with Gasteiger partial charge in [-0.05, 0) is 11.6 Å². The molecular weight excluding hydrogens is 319 g/mol. The van der Waals surface area contributed by atoms with E-state index in [1.54, 1.807) is 17.0 Å². The van der Waals surface area contributed by atoms with Crippen molar-refractivity contribution in [3.63, 3.8) is 0 Å². The summed E-state index contributed by atoms with van der Waals surface area (Å²) in [5.74, 6) is 0.531. The molecule has 2 heterocycles. The summed E-state index contributed by atoms with van der Waals surface area (Å²) in [6.45, 7) is 0. The highest BCUT2D eigenvalue weighted by atomic mass is 19.4. The minimum atomic E-state index is -4.52. The number of nitrogens with one attached hydrogen (secondary N) is 1. The number of rotatable bonds is 4. The fourth-order valence-corrected chi connectivity index (χ4v) is 2.31. The molecule has 0 unspecified atom stereocenters. The van der Waals surface area contributed by atoms with Crippen molar-refractivity contribution in [3.8, 4) is 0 Å². The zero-order valence-corrected chi connectivity index (χ0v) is 12.7. The second-order valence-electron chi connectivity index (χ2n) is 5.15. The summed E-state index contributed by atoms with van der Waals surface area (Å²) in [6.07, 6.45) is -0.0522. The van der Waals surface area contributed by atoms with Gasteiger partial charge >= 0.3 is 6.18 Å². The Kier molecular flexibility index (Phi) is 4.20. The van der Waals surface area contributed by atoms with Gasteiger partial charge in [0.25, 0.3) is 0 Å². The molecule has 0 bridgehead atoms. The molecule has 0 amide bonds. The van der Waals surface area contributed by atoms with Gasteiger partial charge in [0.15, 0.2) is 0 Å². The summed E-state index contributed by atoms with van der Waals surface area (Å²) in [7, 11) is 1.81. The predicted molar refractivity (Wildman–Crippen MR) is 82.1 cm³/mol. The molecule has 0 saturated carbocycles. The van der Waals surface area contributed by atoms with Gasteiger partial charge < -0.3 is 9.88 Å². The summed E-state index contributed by atoms with van der Waals surface area (Å²) in [5.41, 5.74) is -0.153. The molecular formula is C16H14F3N5. The maximum absolute atomic E-state index is 12.8. The monoisotopic (exact) mass is 333 g/mol. The second-order valence-corrected chi connectivity index (χ2v) is 5.15. The van der Waals surface area contributed by atoms with Crippen LogP contribution in [0.4, 0.5) is 19.1 Å². The van der Waals surface area contributed by atoms with Crippen LogP contribution < -0.4 is 5.32 Å². The van der Waals surface area contributed by atoms with Crippen LogP contribution in [0.2, 0.25) is 0 Å². The van der Waals surface area contributed by atoms with E-state index in [-0.39, 0.29) is 5.95 Å². The molecule has 0 aliphatic rings. The first kappa shape index (κ1) is 16.0. The Labute approximate surface area is 136 Å². The Morgan fingerprint density at radius 2 is 1.79 bits per heavy atom. The molecule has 3 rings (SSSR count). The molecule has 0 radical (unpaired) electrons. The Morgan fingerprint density at radius 1 is 1.04 bits per heavy atom. The lowest BCUT2D eigenvalue weighted by Gasteiger charge is -2.19. The van der Waals surface area contributed by atoms with E-state index in [4.69, 9.17) is 0 Å². The summed E-state index contributed by atoms with van der Waals surface area (Å²) in [4.78, 5) is 11.7. The molecule has 1 N–H and O–H groups in total. The molecule has 0 aliphatic heterocycles. The maximum atomic E-state index is 12.8. The van der Waals surface area contributed by atoms with E-state index in [0.717, 1.165) is 17.8 Å². The molecule has 0 aliphatic carbocycles. The smallest absolute Gasteiger partial charge is 0.340 e. The zero-order chi connectivity index (χ0) is 17.2. The van der Waals surface area contributed by atoms with E-state index in [1.165, 1.54) is 0 Å². The predicted octanol–water partition coefficient (Wildman–Crippen LogP) is 3.43. The van der Waals surface area contributed by atoms with Crippen LogP contribution in [0.5, 0.6) is 0 Å². The van der Waals surface area contributed by atoms with Crippen LogP contribution in [0, 0.1) is 0 Å². The summed E-state index contributed by atoms with van der Waals surface area (Å²) in [5, 5.41) is 2.95. The molecule has 2 aromatic heterocycles. The average molecular weight is 333 g/mol. The quantitative estimate of drug-likeness (QED) is 0.795. The van der Waals surface area contributed by atoms with Gasteiger partial charge in [-0.1, -0.05) is 30.3 Å². The molecule has 1 atom stereocenters. The summed E-state index contributed by atoms with van der Waals surface area (Å²) in [6, 6.07) is 9.64. The molecule has 0 fully saturated rings. The van der Waals surface area contributed by atoms with Crippen molar-refractivity contribution in [3.05, 3.63) is 72.1 Å². The highest BCUT2D eigenvalue weighted by Crippen LogP contribution is 2.29. The highest BCUT2D eigenvalue weighted by molar-refractivity contribution is 5.37. The average Bonchev–Trinajstić information content (AvgIpc) is 2.99. The van der Waals surface area contributed by atoms with E-state index < -0.39 is 17.9 Å². The van der Waals surface area contributed by atoms with Gasteiger partial charge in [-0.15, -0.1) is 0 Å². The van der Waals surface area contributed by atoms with Crippen molar-refractivity contribution in [1.29, 1.82) is 0 Å². The van der Waals surface area contributed by atoms with Gasteiger partial charge in [0.2, 0.25) is 5.95 Å². The SMILES string of the molecule is Cn1ccnc1[C@@H](Nc1nccc(C(F)(F)F)n1)c1ccccc1. The number of anilines is 1. The first-order valence-electron chi connectivity index (χ1n) is 7.14. The van der Waals surface area contributed by atoms with Crippen LogP contribution in [0.25, 0.3) is 0 Å². The highest BCUT2D eigenvalue weighted by Gasteiger charge is 2.33. The van der Waals surface area contributed by atoms with Crippen LogP contribution in [0.3, 0.4) is 0 Å². The number of hydrogen-bond donors (Lipinski definition) is 1. The minimum absolute atomic E-state index is 0.110. The Bertz CT molecular complexity index is 814. The van der Waals surface area contributed by atoms with Crippen LogP contribution in [-0.2, 0) is 13.2 Å². The maximum Gasteiger partial charge on any atom is 0.433 e. The van der Waals surface area contributed by atoms with Gasteiger partial charge in [0.05, 0.1) is 0 Å². The van der Waals surface area contributed by atoms with Crippen molar-refractivity contribution in [2.24, 2.45) is 7.05 Å². The van der Waals surface area contributed by atoms with Crippen molar-refractivity contribution >= 4 is 5.95 Å². The fraction of sp³-hybridized carbons (Fsp3) is 0.188. The lowest BCUT2D eigenvalue weighted by atomic mass is 10.1. The van der Waals surface area contributed by atoms with Crippen molar-refractivity contribution in [1.82, 2.24) is 19.5 Å². The van der Waals surface area contributed by atoms with Gasteiger partial charge in [0.1, 0.15) is 17.6 Å². The van der Waals surface area contributed by atoms with Crippen LogP contribution in [0.1, 0.15) is 23.1 Å². The third-order valence-corrected chi connectivity index (χ3v) is 3.47. The number of imidazole rings is 1. The van der Waals surface area contributed by atoms with Crippen LogP contribution in [-0.4, -0.2) is 19.5 Å². The van der Waals surface area contributed by atoms with Crippen molar-refractivity contribution < 1.29 is 13.2 Å². The lowest BCUT2D eigenvalue weighted by Crippen LogP contribution is -2.19. The molecule has 5 nitrogen and oxygen atoms in total. The normalized spacial score (nSPS) is 12.8. The topological polar surface area (TPSA) is 55.6 Å². The van der Waals surface area contributed by atoms with Crippen LogP contribution >= 0.6 is 0 Å². The minimum Gasteiger partial charge on any atom is -0.340 e. The van der Waals surface area contributed by atoms with E-state index in [9.17, 15) is 13.2 Å². The third-order valence-electron chi connectivity index (χ3n) is 3.47.